The van der Waals surface area contributed by atoms with Gasteiger partial charge in [0.05, 0.1) is 25.9 Å². The topological polar surface area (TPSA) is 55.8 Å². The Labute approximate surface area is 83.0 Å². The Hall–Kier alpha value is -1.10. The van der Waals surface area contributed by atoms with Crippen LogP contribution in [0.1, 0.15) is 13.8 Å². The van der Waals surface area contributed by atoms with Gasteiger partial charge >= 0.3 is 11.9 Å². The molecule has 0 spiro atoms. The van der Waals surface area contributed by atoms with Gasteiger partial charge in [0.2, 0.25) is 0 Å². The van der Waals surface area contributed by atoms with E-state index in [0.717, 1.165) is 0 Å². The fourth-order valence-corrected chi connectivity index (χ4v) is 1.34. The van der Waals surface area contributed by atoms with E-state index in [2.05, 4.69) is 4.74 Å². The number of nitrogens with zero attached hydrogens (tertiary/aromatic N) is 1. The van der Waals surface area contributed by atoms with Gasteiger partial charge in [-0.3, -0.25) is 4.79 Å². The van der Waals surface area contributed by atoms with Crippen LogP contribution in [0.4, 0.5) is 0 Å². The molecule has 1 rings (SSSR count). The number of carbonyl (C=O) groups excluding carboxylic acids is 2. The van der Waals surface area contributed by atoms with Crippen LogP contribution in [-0.2, 0) is 19.1 Å². The van der Waals surface area contributed by atoms with Crippen LogP contribution < -0.4 is 0 Å². The number of ether oxygens (including phenoxy) is 2. The normalized spacial score (nSPS) is 21.9. The van der Waals surface area contributed by atoms with Crippen LogP contribution in [0.2, 0.25) is 0 Å². The van der Waals surface area contributed by atoms with E-state index in [-0.39, 0.29) is 12.6 Å². The monoisotopic (exact) mass is 201 g/mol. The Morgan fingerprint density at radius 3 is 2.86 bits per heavy atom. The van der Waals surface area contributed by atoms with Crippen LogP contribution >= 0.6 is 0 Å². The Morgan fingerprint density at radius 2 is 2.29 bits per heavy atom. The van der Waals surface area contributed by atoms with E-state index in [1.807, 2.05) is 6.92 Å². The average Bonchev–Trinajstić information content (AvgIpc) is 2.18. The van der Waals surface area contributed by atoms with Crippen molar-refractivity contribution in [1.82, 2.24) is 4.90 Å². The number of hydrogen-bond acceptors (Lipinski definition) is 4. The first-order valence-corrected chi connectivity index (χ1v) is 4.72. The molecule has 5 nitrogen and oxygen atoms in total. The van der Waals surface area contributed by atoms with Crippen molar-refractivity contribution < 1.29 is 19.1 Å². The molecule has 0 aromatic rings. The fourth-order valence-electron chi connectivity index (χ4n) is 1.34. The van der Waals surface area contributed by atoms with Gasteiger partial charge in [0.15, 0.2) is 0 Å². The van der Waals surface area contributed by atoms with Crippen molar-refractivity contribution in [2.45, 2.75) is 19.9 Å². The second-order valence-electron chi connectivity index (χ2n) is 3.14. The SMILES string of the molecule is CCOC(=O)C(=O)N1CCOCC1C. The van der Waals surface area contributed by atoms with Crippen LogP contribution in [0.3, 0.4) is 0 Å². The Morgan fingerprint density at radius 1 is 1.57 bits per heavy atom. The molecular formula is C9H15NO4. The molecule has 0 bridgehead atoms. The molecule has 5 heteroatoms. The van der Waals surface area contributed by atoms with Crippen molar-refractivity contribution in [2.75, 3.05) is 26.4 Å². The third-order valence-corrected chi connectivity index (χ3v) is 2.08. The summed E-state index contributed by atoms with van der Waals surface area (Å²) in [5.74, 6) is -1.34. The molecule has 0 radical (unpaired) electrons. The number of rotatable bonds is 1. The zero-order valence-electron chi connectivity index (χ0n) is 8.49. The molecule has 1 unspecified atom stereocenters. The Kier molecular flexibility index (Phi) is 3.88. The Bertz CT molecular complexity index is 229. The molecule has 1 heterocycles. The molecule has 0 N–H and O–H groups in total. The summed E-state index contributed by atoms with van der Waals surface area (Å²) >= 11 is 0. The van der Waals surface area contributed by atoms with Crippen molar-refractivity contribution >= 4 is 11.9 Å². The van der Waals surface area contributed by atoms with Gasteiger partial charge in [0.25, 0.3) is 0 Å². The van der Waals surface area contributed by atoms with E-state index in [4.69, 9.17) is 4.74 Å². The summed E-state index contributed by atoms with van der Waals surface area (Å²) < 4.78 is 9.79. The first kappa shape index (κ1) is 11.0. The average molecular weight is 201 g/mol. The number of amides is 1. The van der Waals surface area contributed by atoms with Gasteiger partial charge < -0.3 is 14.4 Å². The minimum Gasteiger partial charge on any atom is -0.459 e. The van der Waals surface area contributed by atoms with Crippen LogP contribution in [0, 0.1) is 0 Å². The summed E-state index contributed by atoms with van der Waals surface area (Å²) in [6.07, 6.45) is 0. The highest BCUT2D eigenvalue weighted by atomic mass is 16.5. The first-order chi connectivity index (χ1) is 6.66. The Balaban J connectivity index is 2.53. The van der Waals surface area contributed by atoms with Crippen molar-refractivity contribution in [3.8, 4) is 0 Å². The maximum atomic E-state index is 11.5. The summed E-state index contributed by atoms with van der Waals surface area (Å²) in [5.41, 5.74) is 0. The minimum absolute atomic E-state index is 0.0549. The van der Waals surface area contributed by atoms with E-state index >= 15 is 0 Å². The predicted octanol–water partition coefficient (Wildman–Crippen LogP) is -0.203. The maximum Gasteiger partial charge on any atom is 0.397 e. The van der Waals surface area contributed by atoms with Crippen molar-refractivity contribution in [1.29, 1.82) is 0 Å². The lowest BCUT2D eigenvalue weighted by molar-refractivity contribution is -0.163. The molecule has 0 saturated carbocycles. The number of carbonyl (C=O) groups is 2. The number of esters is 1. The molecule has 1 saturated heterocycles. The summed E-state index contributed by atoms with van der Waals surface area (Å²) in [7, 11) is 0. The molecule has 1 aliphatic heterocycles. The van der Waals surface area contributed by atoms with Crippen molar-refractivity contribution in [2.24, 2.45) is 0 Å². The number of morpholine rings is 1. The van der Waals surface area contributed by atoms with Gasteiger partial charge in [-0.1, -0.05) is 0 Å². The van der Waals surface area contributed by atoms with Gasteiger partial charge in [-0.25, -0.2) is 4.79 Å². The summed E-state index contributed by atoms with van der Waals surface area (Å²) in [6.45, 7) is 5.16. The van der Waals surface area contributed by atoms with Crippen LogP contribution in [0.5, 0.6) is 0 Å². The minimum atomic E-state index is -0.777. The zero-order valence-corrected chi connectivity index (χ0v) is 8.49. The first-order valence-electron chi connectivity index (χ1n) is 4.72. The molecular weight excluding hydrogens is 186 g/mol. The largest absolute Gasteiger partial charge is 0.459 e. The molecule has 14 heavy (non-hydrogen) atoms. The highest BCUT2D eigenvalue weighted by Crippen LogP contribution is 2.06. The fraction of sp³-hybridized carbons (Fsp3) is 0.778. The summed E-state index contributed by atoms with van der Waals surface area (Å²) in [4.78, 5) is 24.1. The zero-order chi connectivity index (χ0) is 10.6. The van der Waals surface area contributed by atoms with Crippen molar-refractivity contribution in [3.63, 3.8) is 0 Å². The van der Waals surface area contributed by atoms with Gasteiger partial charge in [0, 0.05) is 6.54 Å². The summed E-state index contributed by atoms with van der Waals surface area (Å²) in [5, 5.41) is 0. The second-order valence-corrected chi connectivity index (χ2v) is 3.14. The quantitative estimate of drug-likeness (QED) is 0.435. The molecule has 0 aromatic carbocycles. The molecule has 0 aliphatic carbocycles. The lowest BCUT2D eigenvalue weighted by Gasteiger charge is -2.32. The highest BCUT2D eigenvalue weighted by molar-refractivity contribution is 6.32. The second kappa shape index (κ2) is 4.95. The molecule has 1 atom stereocenters. The molecule has 1 aliphatic rings. The molecule has 1 fully saturated rings. The van der Waals surface area contributed by atoms with Gasteiger partial charge in [-0.2, -0.15) is 0 Å². The molecule has 1 amide bonds. The van der Waals surface area contributed by atoms with E-state index in [0.29, 0.717) is 19.8 Å². The highest BCUT2D eigenvalue weighted by Gasteiger charge is 2.29. The van der Waals surface area contributed by atoms with E-state index < -0.39 is 11.9 Å². The molecule has 80 valence electrons. The predicted molar refractivity (Wildman–Crippen MR) is 48.6 cm³/mol. The van der Waals surface area contributed by atoms with Crippen LogP contribution in [0.15, 0.2) is 0 Å². The van der Waals surface area contributed by atoms with Crippen LogP contribution in [0.25, 0.3) is 0 Å². The van der Waals surface area contributed by atoms with Crippen molar-refractivity contribution in [3.05, 3.63) is 0 Å². The smallest absolute Gasteiger partial charge is 0.397 e. The van der Waals surface area contributed by atoms with E-state index in [1.165, 1.54) is 4.90 Å². The standard InChI is InChI=1S/C9H15NO4/c1-3-14-9(12)8(11)10-4-5-13-6-7(10)2/h7H,3-6H2,1-2H3. The van der Waals surface area contributed by atoms with Crippen LogP contribution in [-0.4, -0.2) is 49.2 Å². The van der Waals surface area contributed by atoms with Gasteiger partial charge in [-0.15, -0.1) is 0 Å². The molecule has 0 aromatic heterocycles. The maximum absolute atomic E-state index is 11.5. The van der Waals surface area contributed by atoms with E-state index in [1.54, 1.807) is 6.92 Å². The van der Waals surface area contributed by atoms with Gasteiger partial charge in [0.1, 0.15) is 0 Å². The lowest BCUT2D eigenvalue weighted by Crippen LogP contribution is -2.50. The third-order valence-electron chi connectivity index (χ3n) is 2.08. The lowest BCUT2D eigenvalue weighted by atomic mass is 10.2. The summed E-state index contributed by atoms with van der Waals surface area (Å²) in [6, 6.07) is -0.0549. The van der Waals surface area contributed by atoms with Gasteiger partial charge in [-0.05, 0) is 13.8 Å². The third kappa shape index (κ3) is 2.45. The number of hydrogen-bond donors (Lipinski definition) is 0. The van der Waals surface area contributed by atoms with E-state index in [9.17, 15) is 9.59 Å².